The molecule has 0 saturated carbocycles. The molecule has 5 heteroatoms. The Balaban J connectivity index is 4.00. The van der Waals surface area contributed by atoms with Crippen molar-refractivity contribution < 1.29 is 8.42 Å². The Labute approximate surface area is 119 Å². The van der Waals surface area contributed by atoms with Crippen molar-refractivity contribution in [2.24, 2.45) is 0 Å². The summed E-state index contributed by atoms with van der Waals surface area (Å²) in [5.74, 6) is 0.232. The van der Waals surface area contributed by atoms with E-state index >= 15 is 0 Å². The van der Waals surface area contributed by atoms with Gasteiger partial charge in [0.25, 0.3) is 0 Å². The van der Waals surface area contributed by atoms with E-state index in [-0.39, 0.29) is 11.8 Å². The number of nitrogens with one attached hydrogen (secondary N) is 2. The summed E-state index contributed by atoms with van der Waals surface area (Å²) in [7, 11) is -3.11. The van der Waals surface area contributed by atoms with Crippen LogP contribution in [-0.4, -0.2) is 33.3 Å². The molecule has 1 unspecified atom stereocenters. The van der Waals surface area contributed by atoms with Crippen LogP contribution in [-0.2, 0) is 10.0 Å². The minimum absolute atomic E-state index is 0.124. The summed E-state index contributed by atoms with van der Waals surface area (Å²) in [5, 5.41) is 3.23. The van der Waals surface area contributed by atoms with Crippen LogP contribution >= 0.6 is 0 Å². The lowest BCUT2D eigenvalue weighted by Crippen LogP contribution is -2.37. The number of unbranched alkanes of at least 4 members (excludes halogenated alkanes) is 1. The molecule has 1 atom stereocenters. The van der Waals surface area contributed by atoms with E-state index in [4.69, 9.17) is 0 Å². The largest absolute Gasteiger partial charge is 0.317 e. The highest BCUT2D eigenvalue weighted by Gasteiger charge is 2.16. The Bertz CT molecular complexity index is 292. The summed E-state index contributed by atoms with van der Waals surface area (Å²) >= 11 is 0. The lowest BCUT2D eigenvalue weighted by atomic mass is 10.1. The average molecular weight is 292 g/mol. The molecule has 0 amide bonds. The number of hydrogen-bond donors (Lipinski definition) is 2. The highest BCUT2D eigenvalue weighted by atomic mass is 32.2. The molecule has 116 valence electrons. The molecule has 4 nitrogen and oxygen atoms in total. The van der Waals surface area contributed by atoms with Crippen molar-refractivity contribution in [3.8, 4) is 0 Å². The highest BCUT2D eigenvalue weighted by Crippen LogP contribution is 2.08. The van der Waals surface area contributed by atoms with Gasteiger partial charge in [0.2, 0.25) is 10.0 Å². The Morgan fingerprint density at radius 1 is 0.895 bits per heavy atom. The first-order valence-corrected chi connectivity index (χ1v) is 9.41. The molecule has 0 aromatic rings. The Kier molecular flexibility index (Phi) is 11.6. The fourth-order valence-corrected chi connectivity index (χ4v) is 3.45. The maximum atomic E-state index is 12.0. The third-order valence-corrected chi connectivity index (χ3v) is 4.60. The lowest BCUT2D eigenvalue weighted by Gasteiger charge is -2.18. The lowest BCUT2D eigenvalue weighted by molar-refractivity contribution is 0.482. The molecule has 0 aliphatic carbocycles. The van der Waals surface area contributed by atoms with Crippen molar-refractivity contribution in [3.05, 3.63) is 0 Å². The van der Waals surface area contributed by atoms with Gasteiger partial charge in [0.05, 0.1) is 5.75 Å². The molecule has 0 aliphatic heterocycles. The number of hydrogen-bond acceptors (Lipinski definition) is 3. The first kappa shape index (κ1) is 18.9. The molecule has 0 aromatic heterocycles. The van der Waals surface area contributed by atoms with Crippen molar-refractivity contribution in [2.45, 2.75) is 71.8 Å². The van der Waals surface area contributed by atoms with Crippen molar-refractivity contribution in [2.75, 3.05) is 18.8 Å². The summed E-state index contributed by atoms with van der Waals surface area (Å²) in [4.78, 5) is 0. The quantitative estimate of drug-likeness (QED) is 0.513. The van der Waals surface area contributed by atoms with E-state index in [1.165, 1.54) is 0 Å². The highest BCUT2D eigenvalue weighted by molar-refractivity contribution is 7.89. The first-order valence-electron chi connectivity index (χ1n) is 7.76. The molecule has 0 aliphatic rings. The monoisotopic (exact) mass is 292 g/mol. The van der Waals surface area contributed by atoms with Gasteiger partial charge in [-0.05, 0) is 38.8 Å². The Hall–Kier alpha value is -0.130. The van der Waals surface area contributed by atoms with Gasteiger partial charge in [-0.3, -0.25) is 0 Å². The zero-order valence-corrected chi connectivity index (χ0v) is 13.7. The first-order chi connectivity index (χ1) is 9.05. The summed E-state index contributed by atoms with van der Waals surface area (Å²) in [6.07, 6.45) is 6.89. The third-order valence-electron chi connectivity index (χ3n) is 3.08. The Morgan fingerprint density at radius 2 is 1.63 bits per heavy atom. The molecule has 0 rings (SSSR count). The SMILES string of the molecule is CCCCC(CCC)NS(=O)(=O)CCCNCCC. The zero-order chi connectivity index (χ0) is 14.6. The van der Waals surface area contributed by atoms with E-state index in [0.717, 1.165) is 51.6 Å². The zero-order valence-electron chi connectivity index (χ0n) is 12.9. The number of rotatable bonds is 13. The molecule has 0 saturated heterocycles. The summed E-state index contributed by atoms with van der Waals surface area (Å²) in [6, 6.07) is 0.124. The molecular formula is C14H32N2O2S. The van der Waals surface area contributed by atoms with Gasteiger partial charge in [-0.1, -0.05) is 40.0 Å². The van der Waals surface area contributed by atoms with Crippen LogP contribution in [0.5, 0.6) is 0 Å². The van der Waals surface area contributed by atoms with Crippen LogP contribution in [0.4, 0.5) is 0 Å². The van der Waals surface area contributed by atoms with Crippen LogP contribution < -0.4 is 10.0 Å². The predicted octanol–water partition coefficient (Wildman–Crippen LogP) is 2.65. The second-order valence-electron chi connectivity index (χ2n) is 5.17. The predicted molar refractivity (Wildman–Crippen MR) is 82.9 cm³/mol. The molecule has 0 fully saturated rings. The summed E-state index contributed by atoms with van der Waals surface area (Å²) in [5.41, 5.74) is 0. The van der Waals surface area contributed by atoms with Crippen molar-refractivity contribution in [1.82, 2.24) is 10.0 Å². The summed E-state index contributed by atoms with van der Waals surface area (Å²) < 4.78 is 26.8. The van der Waals surface area contributed by atoms with Crippen LogP contribution in [0.3, 0.4) is 0 Å². The fraction of sp³-hybridized carbons (Fsp3) is 1.00. The second kappa shape index (κ2) is 11.7. The van der Waals surface area contributed by atoms with Gasteiger partial charge in [0.15, 0.2) is 0 Å². The smallest absolute Gasteiger partial charge is 0.211 e. The molecule has 0 bridgehead atoms. The van der Waals surface area contributed by atoms with Crippen LogP contribution in [0.25, 0.3) is 0 Å². The van der Waals surface area contributed by atoms with E-state index in [1.807, 2.05) is 0 Å². The van der Waals surface area contributed by atoms with Gasteiger partial charge in [-0.2, -0.15) is 0 Å². The minimum atomic E-state index is -3.11. The van der Waals surface area contributed by atoms with E-state index in [1.54, 1.807) is 0 Å². The van der Waals surface area contributed by atoms with Crippen molar-refractivity contribution in [1.29, 1.82) is 0 Å². The van der Waals surface area contributed by atoms with Gasteiger partial charge in [-0.15, -0.1) is 0 Å². The van der Waals surface area contributed by atoms with Crippen LogP contribution in [0, 0.1) is 0 Å². The number of sulfonamides is 1. The maximum absolute atomic E-state index is 12.0. The minimum Gasteiger partial charge on any atom is -0.317 e. The Morgan fingerprint density at radius 3 is 2.21 bits per heavy atom. The van der Waals surface area contributed by atoms with E-state index in [2.05, 4.69) is 30.8 Å². The topological polar surface area (TPSA) is 58.2 Å². The second-order valence-corrected chi connectivity index (χ2v) is 7.04. The van der Waals surface area contributed by atoms with E-state index in [9.17, 15) is 8.42 Å². The van der Waals surface area contributed by atoms with Crippen LogP contribution in [0.2, 0.25) is 0 Å². The molecule has 0 radical (unpaired) electrons. The van der Waals surface area contributed by atoms with E-state index in [0.29, 0.717) is 6.42 Å². The van der Waals surface area contributed by atoms with Gasteiger partial charge < -0.3 is 5.32 Å². The fourth-order valence-electron chi connectivity index (χ4n) is 2.06. The van der Waals surface area contributed by atoms with Gasteiger partial charge >= 0.3 is 0 Å². The van der Waals surface area contributed by atoms with Crippen molar-refractivity contribution in [3.63, 3.8) is 0 Å². The third kappa shape index (κ3) is 11.4. The van der Waals surface area contributed by atoms with E-state index < -0.39 is 10.0 Å². The molecule has 19 heavy (non-hydrogen) atoms. The average Bonchev–Trinajstić information content (AvgIpc) is 2.35. The van der Waals surface area contributed by atoms with Crippen LogP contribution in [0.15, 0.2) is 0 Å². The van der Waals surface area contributed by atoms with Gasteiger partial charge in [-0.25, -0.2) is 13.1 Å². The van der Waals surface area contributed by atoms with Crippen LogP contribution in [0.1, 0.15) is 65.7 Å². The van der Waals surface area contributed by atoms with Gasteiger partial charge in [0.1, 0.15) is 0 Å². The normalized spacial score (nSPS) is 13.6. The molecular weight excluding hydrogens is 260 g/mol. The maximum Gasteiger partial charge on any atom is 0.211 e. The van der Waals surface area contributed by atoms with Crippen molar-refractivity contribution >= 4 is 10.0 Å². The van der Waals surface area contributed by atoms with Gasteiger partial charge in [0, 0.05) is 6.04 Å². The molecule has 0 heterocycles. The molecule has 0 spiro atoms. The summed E-state index contributed by atoms with van der Waals surface area (Å²) in [6.45, 7) is 8.08. The molecule has 2 N–H and O–H groups in total. The molecule has 0 aromatic carbocycles. The standard InChI is InChI=1S/C14H32N2O2S/c1-4-7-10-14(9-5-2)16-19(17,18)13-8-12-15-11-6-3/h14-16H,4-13H2,1-3H3.